The largest absolute Gasteiger partial charge is 0.340 e. The first-order valence-electron chi connectivity index (χ1n) is 9.43. The van der Waals surface area contributed by atoms with Crippen LogP contribution in [-0.4, -0.2) is 39.9 Å². The Balaban J connectivity index is 1.87. The lowest BCUT2D eigenvalue weighted by molar-refractivity contribution is 0.0786. The number of fused-ring (bicyclic) bond motifs is 1. The summed E-state index contributed by atoms with van der Waals surface area (Å²) in [5.41, 5.74) is 1.93. The first kappa shape index (κ1) is 19.4. The number of carbonyl (C=O) groups is 2. The molecule has 27 heavy (non-hydrogen) atoms. The van der Waals surface area contributed by atoms with Crippen LogP contribution in [-0.2, 0) is 13.0 Å². The van der Waals surface area contributed by atoms with E-state index in [0.29, 0.717) is 35.3 Å². The van der Waals surface area contributed by atoms with Crippen molar-refractivity contribution in [1.82, 2.24) is 14.5 Å². The lowest BCUT2D eigenvalue weighted by Gasteiger charge is -2.19. The number of imidazole rings is 1. The maximum Gasteiger partial charge on any atom is 0.291 e. The third-order valence-corrected chi connectivity index (χ3v) is 5.07. The van der Waals surface area contributed by atoms with Crippen LogP contribution in [0.2, 0.25) is 5.02 Å². The van der Waals surface area contributed by atoms with E-state index in [1.165, 1.54) is 0 Å². The highest BCUT2D eigenvalue weighted by Crippen LogP contribution is 2.23. The molecule has 0 saturated heterocycles. The standard InChI is InChI=1S/C20H25ClN4O2/c1-3-4-12-24(2)20(27)17-16-7-5-6-13-25(16)18(23-17)19(26)22-15-10-8-14(21)9-11-15/h8-11H,3-7,12-13H2,1-2H3,(H,22,26). The monoisotopic (exact) mass is 388 g/mol. The molecule has 0 unspecified atom stereocenters. The van der Waals surface area contributed by atoms with Gasteiger partial charge in [-0.3, -0.25) is 9.59 Å². The number of carbonyl (C=O) groups excluding carboxylic acids is 2. The minimum absolute atomic E-state index is 0.111. The average molecular weight is 389 g/mol. The topological polar surface area (TPSA) is 67.2 Å². The molecule has 1 aliphatic rings. The molecule has 0 radical (unpaired) electrons. The Morgan fingerprint density at radius 2 is 2.00 bits per heavy atom. The molecule has 2 amide bonds. The van der Waals surface area contributed by atoms with Crippen molar-refractivity contribution in [1.29, 1.82) is 0 Å². The number of hydrogen-bond acceptors (Lipinski definition) is 3. The van der Waals surface area contributed by atoms with Gasteiger partial charge in [-0.1, -0.05) is 24.9 Å². The summed E-state index contributed by atoms with van der Waals surface area (Å²) in [6.45, 7) is 3.49. The number of anilines is 1. The van der Waals surface area contributed by atoms with E-state index in [0.717, 1.165) is 37.8 Å². The number of aromatic nitrogens is 2. The molecule has 0 fully saturated rings. The molecule has 2 aromatic rings. The Morgan fingerprint density at radius 3 is 2.70 bits per heavy atom. The second-order valence-corrected chi connectivity index (χ2v) is 7.32. The van der Waals surface area contributed by atoms with Gasteiger partial charge in [0, 0.05) is 30.8 Å². The van der Waals surface area contributed by atoms with E-state index in [1.54, 1.807) is 36.2 Å². The molecule has 0 bridgehead atoms. The van der Waals surface area contributed by atoms with Gasteiger partial charge in [-0.05, 0) is 49.9 Å². The van der Waals surface area contributed by atoms with Gasteiger partial charge in [0.15, 0.2) is 5.82 Å². The molecule has 1 N–H and O–H groups in total. The van der Waals surface area contributed by atoms with E-state index in [4.69, 9.17) is 11.6 Å². The molecule has 1 aromatic heterocycles. The number of benzene rings is 1. The van der Waals surface area contributed by atoms with Crippen LogP contribution in [0.15, 0.2) is 24.3 Å². The molecule has 1 aliphatic heterocycles. The Hall–Kier alpha value is -2.34. The van der Waals surface area contributed by atoms with Gasteiger partial charge < -0.3 is 14.8 Å². The van der Waals surface area contributed by atoms with Crippen molar-refractivity contribution in [2.24, 2.45) is 0 Å². The SMILES string of the molecule is CCCCN(C)C(=O)c1nc(C(=O)Nc2ccc(Cl)cc2)n2c1CCCC2. The summed E-state index contributed by atoms with van der Waals surface area (Å²) >= 11 is 5.89. The normalized spacial score (nSPS) is 13.1. The van der Waals surface area contributed by atoms with E-state index in [2.05, 4.69) is 17.2 Å². The molecule has 6 nitrogen and oxygen atoms in total. The van der Waals surface area contributed by atoms with Gasteiger partial charge in [0.05, 0.1) is 5.69 Å². The van der Waals surface area contributed by atoms with Crippen molar-refractivity contribution in [3.05, 3.63) is 46.5 Å². The Kier molecular flexibility index (Phi) is 6.16. The maximum absolute atomic E-state index is 12.9. The van der Waals surface area contributed by atoms with Crippen molar-refractivity contribution >= 4 is 29.1 Å². The predicted octanol–water partition coefficient (Wildman–Crippen LogP) is 4.00. The van der Waals surface area contributed by atoms with E-state index >= 15 is 0 Å². The van der Waals surface area contributed by atoms with Crippen LogP contribution in [0, 0.1) is 0 Å². The number of hydrogen-bond donors (Lipinski definition) is 1. The van der Waals surface area contributed by atoms with Crippen molar-refractivity contribution < 1.29 is 9.59 Å². The minimum Gasteiger partial charge on any atom is -0.340 e. The van der Waals surface area contributed by atoms with Crippen LogP contribution < -0.4 is 5.32 Å². The zero-order chi connectivity index (χ0) is 19.4. The molecule has 2 heterocycles. The van der Waals surface area contributed by atoms with Gasteiger partial charge >= 0.3 is 0 Å². The first-order chi connectivity index (χ1) is 13.0. The van der Waals surface area contributed by atoms with Crippen molar-refractivity contribution in [3.63, 3.8) is 0 Å². The van der Waals surface area contributed by atoms with Crippen LogP contribution in [0.4, 0.5) is 5.69 Å². The van der Waals surface area contributed by atoms with E-state index in [1.807, 2.05) is 4.57 Å². The van der Waals surface area contributed by atoms with Gasteiger partial charge in [0.25, 0.3) is 11.8 Å². The fourth-order valence-corrected chi connectivity index (χ4v) is 3.41. The third kappa shape index (κ3) is 4.33. The molecular formula is C20H25ClN4O2. The summed E-state index contributed by atoms with van der Waals surface area (Å²) in [6.07, 6.45) is 4.71. The molecule has 144 valence electrons. The molecule has 0 spiro atoms. The maximum atomic E-state index is 12.9. The lowest BCUT2D eigenvalue weighted by Crippen LogP contribution is -2.29. The number of nitrogens with one attached hydrogen (secondary N) is 1. The van der Waals surface area contributed by atoms with E-state index in [-0.39, 0.29) is 11.8 Å². The van der Waals surface area contributed by atoms with Gasteiger partial charge in [0.1, 0.15) is 5.69 Å². The number of halogens is 1. The number of amides is 2. The number of rotatable bonds is 6. The van der Waals surface area contributed by atoms with Crippen LogP contribution in [0.25, 0.3) is 0 Å². The number of unbranched alkanes of at least 4 members (excludes halogenated alkanes) is 1. The van der Waals surface area contributed by atoms with Gasteiger partial charge in [-0.15, -0.1) is 0 Å². The summed E-state index contributed by atoms with van der Waals surface area (Å²) in [5, 5.41) is 3.45. The summed E-state index contributed by atoms with van der Waals surface area (Å²) in [7, 11) is 1.79. The first-order valence-corrected chi connectivity index (χ1v) is 9.80. The number of nitrogens with zero attached hydrogens (tertiary/aromatic N) is 3. The average Bonchev–Trinajstić information content (AvgIpc) is 3.07. The van der Waals surface area contributed by atoms with Crippen molar-refractivity contribution in [3.8, 4) is 0 Å². The summed E-state index contributed by atoms with van der Waals surface area (Å²) in [4.78, 5) is 31.8. The fraction of sp³-hybridized carbons (Fsp3) is 0.450. The molecule has 0 saturated carbocycles. The quantitative estimate of drug-likeness (QED) is 0.813. The Labute approximate surface area is 164 Å². The lowest BCUT2D eigenvalue weighted by atomic mass is 10.1. The molecule has 0 aliphatic carbocycles. The van der Waals surface area contributed by atoms with Crippen LogP contribution in [0.1, 0.15) is 59.4 Å². The highest BCUT2D eigenvalue weighted by molar-refractivity contribution is 6.30. The molecular weight excluding hydrogens is 364 g/mol. The summed E-state index contributed by atoms with van der Waals surface area (Å²) < 4.78 is 1.90. The molecule has 0 atom stereocenters. The second-order valence-electron chi connectivity index (χ2n) is 6.88. The van der Waals surface area contributed by atoms with Crippen molar-refractivity contribution in [2.45, 2.75) is 45.6 Å². The third-order valence-electron chi connectivity index (χ3n) is 4.82. The Bertz CT molecular complexity index is 829. The molecule has 3 rings (SSSR count). The Morgan fingerprint density at radius 1 is 1.26 bits per heavy atom. The van der Waals surface area contributed by atoms with Crippen LogP contribution in [0.3, 0.4) is 0 Å². The zero-order valence-corrected chi connectivity index (χ0v) is 16.6. The highest BCUT2D eigenvalue weighted by atomic mass is 35.5. The molecule has 7 heteroatoms. The van der Waals surface area contributed by atoms with Gasteiger partial charge in [-0.25, -0.2) is 4.98 Å². The highest BCUT2D eigenvalue weighted by Gasteiger charge is 2.28. The summed E-state index contributed by atoms with van der Waals surface area (Å²) in [6, 6.07) is 6.92. The van der Waals surface area contributed by atoms with Crippen LogP contribution >= 0.6 is 11.6 Å². The summed E-state index contributed by atoms with van der Waals surface area (Å²) in [5.74, 6) is -0.123. The van der Waals surface area contributed by atoms with Gasteiger partial charge in [0.2, 0.25) is 0 Å². The smallest absolute Gasteiger partial charge is 0.291 e. The van der Waals surface area contributed by atoms with Gasteiger partial charge in [-0.2, -0.15) is 0 Å². The fourth-order valence-electron chi connectivity index (χ4n) is 3.29. The second kappa shape index (κ2) is 8.57. The molecule has 1 aromatic carbocycles. The van der Waals surface area contributed by atoms with E-state index < -0.39 is 0 Å². The van der Waals surface area contributed by atoms with Crippen molar-refractivity contribution in [2.75, 3.05) is 18.9 Å². The zero-order valence-electron chi connectivity index (χ0n) is 15.8. The predicted molar refractivity (Wildman–Crippen MR) is 106 cm³/mol. The van der Waals surface area contributed by atoms with Crippen LogP contribution in [0.5, 0.6) is 0 Å². The minimum atomic E-state index is -0.310. The van der Waals surface area contributed by atoms with E-state index in [9.17, 15) is 9.59 Å².